The van der Waals surface area contributed by atoms with Crippen molar-refractivity contribution >= 4 is 5.97 Å². The smallest absolute Gasteiger partial charge is 0.338 e. The van der Waals surface area contributed by atoms with E-state index >= 15 is 0 Å². The molecule has 6 heteroatoms. The molecule has 4 saturated carbocycles. The van der Waals surface area contributed by atoms with Crippen LogP contribution in [-0.4, -0.2) is 39.5 Å². The Hall–Kier alpha value is -2.96. The highest BCUT2D eigenvalue weighted by Crippen LogP contribution is 2.60. The molecule has 7 atom stereocenters. The van der Waals surface area contributed by atoms with Crippen LogP contribution in [-0.2, 0) is 10.2 Å². The molecule has 0 radical (unpaired) electrons. The highest BCUT2D eigenvalue weighted by molar-refractivity contribution is 5.89. The lowest BCUT2D eigenvalue weighted by atomic mass is 9.60. The first-order chi connectivity index (χ1) is 21.1. The number of nitrogens with zero attached hydrogens (tertiary/aromatic N) is 1. The Morgan fingerprint density at radius 3 is 2.64 bits per heavy atom. The van der Waals surface area contributed by atoms with E-state index in [9.17, 15) is 15.0 Å². The van der Waals surface area contributed by atoms with Crippen LogP contribution < -0.4 is 0 Å². The van der Waals surface area contributed by atoms with Crippen LogP contribution in [0.4, 0.5) is 0 Å². The van der Waals surface area contributed by atoms with Crippen LogP contribution in [0.3, 0.4) is 0 Å². The standard InChI is InChI=1S/C38H49NO5/c1-24(12-17-34(44-35(42)28-9-6-5-7-10-28)38(19-20-38)36-39-25(2)23-43-36)31-15-16-32-27(11-8-18-37(31,32)4)13-14-29-21-30(40)22-33(41)26(29)3/h5-7,9-10,13-14,23-24,30-34,40-41H,3,8,11-12,15-22H2,1-2,4H3/t24-,30-,31-,32+,33+,34-,37-/m1/s1. The maximum absolute atomic E-state index is 13.3. The molecule has 6 nitrogen and oxygen atoms in total. The van der Waals surface area contributed by atoms with Gasteiger partial charge in [0.1, 0.15) is 12.4 Å². The number of ether oxygens (including phenoxy) is 1. The Kier molecular flexibility index (Phi) is 8.78. The van der Waals surface area contributed by atoms with Gasteiger partial charge in [0.05, 0.1) is 28.9 Å². The van der Waals surface area contributed by atoms with Crippen LogP contribution >= 0.6 is 0 Å². The number of hydrogen-bond acceptors (Lipinski definition) is 6. The number of aromatic nitrogens is 1. The highest BCUT2D eigenvalue weighted by Gasteiger charge is 2.57. The van der Waals surface area contributed by atoms with Crippen molar-refractivity contribution in [1.82, 2.24) is 4.98 Å². The quantitative estimate of drug-likeness (QED) is 0.286. The van der Waals surface area contributed by atoms with E-state index in [0.717, 1.165) is 48.9 Å². The Labute approximate surface area is 262 Å². The molecule has 1 heterocycles. The van der Waals surface area contributed by atoms with Crippen molar-refractivity contribution in [2.24, 2.45) is 23.2 Å². The first-order valence-electron chi connectivity index (χ1n) is 16.7. The molecule has 4 aliphatic carbocycles. The molecule has 236 valence electrons. The Morgan fingerprint density at radius 2 is 1.93 bits per heavy atom. The zero-order chi connectivity index (χ0) is 31.1. The molecule has 2 N–H and O–H groups in total. The molecule has 4 aliphatic rings. The number of esters is 1. The number of rotatable bonds is 9. The van der Waals surface area contributed by atoms with Crippen molar-refractivity contribution in [3.8, 4) is 0 Å². The topological polar surface area (TPSA) is 92.8 Å². The molecule has 0 spiro atoms. The number of aliphatic hydroxyl groups excluding tert-OH is 2. The van der Waals surface area contributed by atoms with E-state index in [1.54, 1.807) is 6.26 Å². The fourth-order valence-electron chi connectivity index (χ4n) is 8.91. The first kappa shape index (κ1) is 31.0. The maximum Gasteiger partial charge on any atom is 0.338 e. The van der Waals surface area contributed by atoms with Gasteiger partial charge in [-0.1, -0.05) is 56.4 Å². The molecular weight excluding hydrogens is 550 g/mol. The summed E-state index contributed by atoms with van der Waals surface area (Å²) in [6.07, 6.45) is 15.1. The van der Waals surface area contributed by atoms with Gasteiger partial charge in [-0.3, -0.25) is 0 Å². The fraction of sp³-hybridized carbons (Fsp3) is 0.579. The summed E-state index contributed by atoms with van der Waals surface area (Å²) >= 11 is 0. The number of fused-ring (bicyclic) bond motifs is 1. The lowest BCUT2D eigenvalue weighted by Gasteiger charge is -2.44. The molecule has 0 unspecified atom stereocenters. The zero-order valence-corrected chi connectivity index (χ0v) is 26.6. The van der Waals surface area contributed by atoms with Crippen molar-refractivity contribution in [1.29, 1.82) is 0 Å². The van der Waals surface area contributed by atoms with E-state index in [2.05, 4.69) is 37.6 Å². The second-order valence-corrected chi connectivity index (χ2v) is 14.4. The van der Waals surface area contributed by atoms with E-state index in [4.69, 9.17) is 9.15 Å². The summed E-state index contributed by atoms with van der Waals surface area (Å²) in [5, 5.41) is 20.5. The molecule has 0 amide bonds. The van der Waals surface area contributed by atoms with Crippen molar-refractivity contribution in [2.45, 2.75) is 115 Å². The number of aryl methyl sites for hydroxylation is 1. The van der Waals surface area contributed by atoms with Crippen molar-refractivity contribution in [2.75, 3.05) is 0 Å². The summed E-state index contributed by atoms with van der Waals surface area (Å²) < 4.78 is 12.2. The number of allylic oxidation sites excluding steroid dienone is 3. The zero-order valence-electron chi connectivity index (χ0n) is 26.6. The minimum atomic E-state index is -0.658. The van der Waals surface area contributed by atoms with Crippen molar-refractivity contribution in [3.63, 3.8) is 0 Å². The van der Waals surface area contributed by atoms with Gasteiger partial charge in [-0.15, -0.1) is 0 Å². The largest absolute Gasteiger partial charge is 0.458 e. The second-order valence-electron chi connectivity index (χ2n) is 14.4. The van der Waals surface area contributed by atoms with E-state index in [-0.39, 0.29) is 22.9 Å². The summed E-state index contributed by atoms with van der Waals surface area (Å²) in [5.41, 5.74) is 4.57. The molecule has 44 heavy (non-hydrogen) atoms. The van der Waals surface area contributed by atoms with Crippen LogP contribution in [0.1, 0.15) is 106 Å². The molecule has 6 rings (SSSR count). The average molecular weight is 600 g/mol. The number of carbonyl (C=O) groups is 1. The van der Waals surface area contributed by atoms with E-state index in [1.807, 2.05) is 37.3 Å². The molecule has 1 aromatic heterocycles. The van der Waals surface area contributed by atoms with Gasteiger partial charge in [0, 0.05) is 6.42 Å². The van der Waals surface area contributed by atoms with Crippen LogP contribution in [0.5, 0.6) is 0 Å². The van der Waals surface area contributed by atoms with Gasteiger partial charge < -0.3 is 19.4 Å². The van der Waals surface area contributed by atoms with Crippen LogP contribution in [0.2, 0.25) is 0 Å². The highest BCUT2D eigenvalue weighted by atomic mass is 16.5. The van der Waals surface area contributed by atoms with E-state index < -0.39 is 12.2 Å². The first-order valence-corrected chi connectivity index (χ1v) is 16.7. The molecule has 0 saturated heterocycles. The third-order valence-electron chi connectivity index (χ3n) is 11.6. The molecule has 0 aliphatic heterocycles. The van der Waals surface area contributed by atoms with Crippen molar-refractivity contribution in [3.05, 3.63) is 89.2 Å². The SMILES string of the molecule is C=C1C(=CC=C2CCC[C@]3(C)[C@@H]([C@H](C)CC[C@@H](OC(=O)c4ccccc4)C4(c5nc(C)co5)CC4)CC[C@@H]23)C[C@@H](O)C[C@@H]1O. The average Bonchev–Trinajstić information content (AvgIpc) is 3.56. The normalized spacial score (nSPS) is 32.8. The third-order valence-corrected chi connectivity index (χ3v) is 11.6. The Bertz CT molecular complexity index is 1420. The third kappa shape index (κ3) is 6.00. The predicted molar refractivity (Wildman–Crippen MR) is 171 cm³/mol. The Morgan fingerprint density at radius 1 is 1.16 bits per heavy atom. The van der Waals surface area contributed by atoms with Gasteiger partial charge in [-0.25, -0.2) is 9.78 Å². The predicted octanol–water partition coefficient (Wildman–Crippen LogP) is 7.80. The van der Waals surface area contributed by atoms with Crippen molar-refractivity contribution < 1.29 is 24.2 Å². The minimum absolute atomic E-state index is 0.234. The Balaban J connectivity index is 1.17. The molecule has 4 fully saturated rings. The van der Waals surface area contributed by atoms with Crippen LogP contribution in [0.15, 0.2) is 76.5 Å². The number of carbonyl (C=O) groups excluding carboxylic acids is 1. The number of aliphatic hydroxyl groups is 2. The number of benzene rings is 1. The lowest BCUT2D eigenvalue weighted by Crippen LogP contribution is -2.37. The lowest BCUT2D eigenvalue weighted by molar-refractivity contribution is 0.00970. The fourth-order valence-corrected chi connectivity index (χ4v) is 8.91. The van der Waals surface area contributed by atoms with E-state index in [0.29, 0.717) is 42.0 Å². The second kappa shape index (κ2) is 12.4. The van der Waals surface area contributed by atoms with E-state index in [1.165, 1.54) is 31.3 Å². The number of oxazole rings is 1. The van der Waals surface area contributed by atoms with Gasteiger partial charge in [0.2, 0.25) is 5.89 Å². The van der Waals surface area contributed by atoms with Gasteiger partial charge >= 0.3 is 5.97 Å². The number of hydrogen-bond donors (Lipinski definition) is 2. The minimum Gasteiger partial charge on any atom is -0.458 e. The van der Waals surface area contributed by atoms with Crippen LogP contribution in [0.25, 0.3) is 0 Å². The van der Waals surface area contributed by atoms with Crippen LogP contribution in [0, 0.1) is 30.1 Å². The monoisotopic (exact) mass is 599 g/mol. The molecule has 1 aromatic carbocycles. The molecule has 0 bridgehead atoms. The maximum atomic E-state index is 13.3. The molecular formula is C38H49NO5. The van der Waals surface area contributed by atoms with Gasteiger partial charge in [-0.2, -0.15) is 0 Å². The van der Waals surface area contributed by atoms with Gasteiger partial charge in [0.25, 0.3) is 0 Å². The van der Waals surface area contributed by atoms with Gasteiger partial charge in [0.15, 0.2) is 0 Å². The summed E-state index contributed by atoms with van der Waals surface area (Å²) in [6, 6.07) is 9.28. The van der Waals surface area contributed by atoms with Gasteiger partial charge in [-0.05, 0) is 118 Å². The summed E-state index contributed by atoms with van der Waals surface area (Å²) in [6.45, 7) is 10.9. The summed E-state index contributed by atoms with van der Waals surface area (Å²) in [4.78, 5) is 17.9. The molecule has 2 aromatic rings. The summed E-state index contributed by atoms with van der Waals surface area (Å²) in [7, 11) is 0. The summed E-state index contributed by atoms with van der Waals surface area (Å²) in [5.74, 6) is 2.07.